The Morgan fingerprint density at radius 2 is 1.77 bits per heavy atom. The fourth-order valence-electron chi connectivity index (χ4n) is 2.34. The van der Waals surface area contributed by atoms with Gasteiger partial charge in [0.15, 0.2) is 6.61 Å². The van der Waals surface area contributed by atoms with Gasteiger partial charge in [-0.2, -0.15) is 13.2 Å². The fraction of sp³-hybridized carbons (Fsp3) is 0.316. The molecule has 1 amide bonds. The van der Waals surface area contributed by atoms with Crippen LogP contribution in [0, 0.1) is 0 Å². The topological polar surface area (TPSA) is 38.3 Å². The summed E-state index contributed by atoms with van der Waals surface area (Å²) >= 11 is 5.87. The van der Waals surface area contributed by atoms with Crippen molar-refractivity contribution in [3.05, 3.63) is 58.6 Å². The Morgan fingerprint density at radius 1 is 1.12 bits per heavy atom. The lowest BCUT2D eigenvalue weighted by Gasteiger charge is -2.22. The quantitative estimate of drug-likeness (QED) is 0.736. The number of carbonyl (C=O) groups is 1. The number of amides is 1. The first-order valence-corrected chi connectivity index (χ1v) is 8.25. The second-order valence-corrected chi connectivity index (χ2v) is 7.18. The number of ether oxygens (including phenoxy) is 1. The Balaban J connectivity index is 2.09. The normalized spacial score (nSPS) is 12.0. The molecule has 0 spiro atoms. The van der Waals surface area contributed by atoms with Gasteiger partial charge in [-0.15, -0.1) is 0 Å². The molecule has 0 bridgehead atoms. The molecule has 0 heterocycles. The van der Waals surface area contributed by atoms with Crippen LogP contribution in [0.1, 0.15) is 31.9 Å². The first-order valence-electron chi connectivity index (χ1n) is 7.87. The third kappa shape index (κ3) is 5.14. The maximum atomic E-state index is 12.8. The molecule has 0 unspecified atom stereocenters. The summed E-state index contributed by atoms with van der Waals surface area (Å²) in [4.78, 5) is 12.1. The molecular weight excluding hydrogens is 367 g/mol. The zero-order chi connectivity index (χ0) is 19.5. The van der Waals surface area contributed by atoms with E-state index in [1.165, 1.54) is 0 Å². The Bertz CT molecular complexity index is 798. The summed E-state index contributed by atoms with van der Waals surface area (Å²) in [7, 11) is 0. The molecule has 0 aliphatic rings. The van der Waals surface area contributed by atoms with E-state index < -0.39 is 17.6 Å². The molecule has 0 saturated heterocycles. The van der Waals surface area contributed by atoms with Gasteiger partial charge < -0.3 is 10.1 Å². The highest BCUT2D eigenvalue weighted by Crippen LogP contribution is 2.34. The average Bonchev–Trinajstić information content (AvgIpc) is 2.53. The van der Waals surface area contributed by atoms with Crippen LogP contribution < -0.4 is 10.1 Å². The van der Waals surface area contributed by atoms with E-state index in [0.717, 1.165) is 23.8 Å². The number of nitrogens with one attached hydrogen (secondary N) is 1. The molecule has 0 atom stereocenters. The van der Waals surface area contributed by atoms with E-state index in [1.807, 2.05) is 32.9 Å². The fourth-order valence-corrected chi connectivity index (χ4v) is 2.50. The van der Waals surface area contributed by atoms with Crippen molar-refractivity contribution >= 4 is 23.2 Å². The van der Waals surface area contributed by atoms with Gasteiger partial charge in [-0.3, -0.25) is 4.79 Å². The van der Waals surface area contributed by atoms with E-state index in [4.69, 9.17) is 16.3 Å². The van der Waals surface area contributed by atoms with Crippen molar-refractivity contribution in [2.45, 2.75) is 32.4 Å². The number of carbonyl (C=O) groups excluding carboxylic acids is 1. The van der Waals surface area contributed by atoms with Crippen LogP contribution in [-0.2, 0) is 16.4 Å². The zero-order valence-corrected chi connectivity index (χ0v) is 15.3. The predicted octanol–water partition coefficient (Wildman–Crippen LogP) is 5.67. The van der Waals surface area contributed by atoms with Gasteiger partial charge in [0.2, 0.25) is 0 Å². The van der Waals surface area contributed by atoms with E-state index >= 15 is 0 Å². The lowest BCUT2D eigenvalue weighted by molar-refractivity contribution is -0.137. The number of alkyl halides is 3. The number of benzene rings is 2. The molecule has 0 saturated carbocycles. The number of hydrogen-bond donors (Lipinski definition) is 1. The largest absolute Gasteiger partial charge is 0.483 e. The summed E-state index contributed by atoms with van der Waals surface area (Å²) in [6, 6.07) is 10.0. The van der Waals surface area contributed by atoms with E-state index in [0.29, 0.717) is 5.75 Å². The molecule has 0 aromatic heterocycles. The molecule has 2 aromatic carbocycles. The Morgan fingerprint density at radius 3 is 2.38 bits per heavy atom. The molecule has 2 rings (SSSR count). The summed E-state index contributed by atoms with van der Waals surface area (Å²) in [5.74, 6) is -0.0553. The highest BCUT2D eigenvalue weighted by molar-refractivity contribution is 6.33. The van der Waals surface area contributed by atoms with Gasteiger partial charge in [0.25, 0.3) is 5.91 Å². The van der Waals surface area contributed by atoms with Crippen LogP contribution in [0.4, 0.5) is 18.9 Å². The van der Waals surface area contributed by atoms with Gasteiger partial charge in [-0.05, 0) is 35.2 Å². The molecule has 3 nitrogen and oxygen atoms in total. The van der Waals surface area contributed by atoms with Crippen molar-refractivity contribution < 1.29 is 22.7 Å². The van der Waals surface area contributed by atoms with Gasteiger partial charge in [0.05, 0.1) is 16.3 Å². The number of anilines is 1. The number of hydrogen-bond acceptors (Lipinski definition) is 2. The van der Waals surface area contributed by atoms with E-state index in [-0.39, 0.29) is 22.7 Å². The summed E-state index contributed by atoms with van der Waals surface area (Å²) in [6.45, 7) is 5.69. The van der Waals surface area contributed by atoms with Crippen molar-refractivity contribution in [2.75, 3.05) is 11.9 Å². The lowest BCUT2D eigenvalue weighted by Crippen LogP contribution is -2.22. The van der Waals surface area contributed by atoms with Gasteiger partial charge >= 0.3 is 6.18 Å². The van der Waals surface area contributed by atoms with Crippen molar-refractivity contribution in [3.8, 4) is 5.75 Å². The van der Waals surface area contributed by atoms with Crippen LogP contribution in [-0.4, -0.2) is 12.5 Å². The average molecular weight is 386 g/mol. The number of rotatable bonds is 4. The molecule has 7 heteroatoms. The van der Waals surface area contributed by atoms with Gasteiger partial charge in [0, 0.05) is 0 Å². The third-order valence-electron chi connectivity index (χ3n) is 3.62. The maximum Gasteiger partial charge on any atom is 0.416 e. The summed E-state index contributed by atoms with van der Waals surface area (Å²) < 4.78 is 43.9. The highest BCUT2D eigenvalue weighted by Gasteiger charge is 2.31. The van der Waals surface area contributed by atoms with Crippen LogP contribution in [0.25, 0.3) is 0 Å². The minimum absolute atomic E-state index is 0.0152. The molecule has 0 aliphatic carbocycles. The Labute approximate surface area is 155 Å². The van der Waals surface area contributed by atoms with Crippen LogP contribution in [0.2, 0.25) is 5.02 Å². The summed E-state index contributed by atoms with van der Waals surface area (Å²) in [5, 5.41) is 2.37. The smallest absolute Gasteiger partial charge is 0.416 e. The molecule has 0 radical (unpaired) electrons. The molecule has 2 aromatic rings. The monoisotopic (exact) mass is 385 g/mol. The first kappa shape index (κ1) is 20.1. The summed E-state index contributed by atoms with van der Waals surface area (Å²) in [6.07, 6.45) is -4.52. The third-order valence-corrected chi connectivity index (χ3v) is 3.95. The zero-order valence-electron chi connectivity index (χ0n) is 14.6. The maximum absolute atomic E-state index is 12.8. The first-order chi connectivity index (χ1) is 12.0. The minimum Gasteiger partial charge on any atom is -0.483 e. The number of halogens is 4. The van der Waals surface area contributed by atoms with Crippen molar-refractivity contribution in [2.24, 2.45) is 0 Å². The predicted molar refractivity (Wildman–Crippen MR) is 95.7 cm³/mol. The van der Waals surface area contributed by atoms with E-state index in [9.17, 15) is 18.0 Å². The van der Waals surface area contributed by atoms with Gasteiger partial charge in [0.1, 0.15) is 5.75 Å². The lowest BCUT2D eigenvalue weighted by atomic mass is 9.86. The molecule has 1 N–H and O–H groups in total. The van der Waals surface area contributed by atoms with Crippen LogP contribution >= 0.6 is 11.6 Å². The molecule has 140 valence electrons. The van der Waals surface area contributed by atoms with Crippen molar-refractivity contribution in [1.29, 1.82) is 0 Å². The van der Waals surface area contributed by atoms with Gasteiger partial charge in [-0.25, -0.2) is 0 Å². The Kier molecular flexibility index (Phi) is 5.86. The standard InChI is InChI=1S/C19H19ClF3NO2/c1-18(2,3)13-6-4-5-7-16(13)26-11-17(25)24-15-10-12(19(21,22)23)8-9-14(15)20/h4-10H,11H2,1-3H3,(H,24,25). The van der Waals surface area contributed by atoms with Crippen LogP contribution in [0.15, 0.2) is 42.5 Å². The molecule has 26 heavy (non-hydrogen) atoms. The van der Waals surface area contributed by atoms with E-state index in [1.54, 1.807) is 12.1 Å². The second kappa shape index (κ2) is 7.58. The van der Waals surface area contributed by atoms with Crippen LogP contribution in [0.3, 0.4) is 0 Å². The Hall–Kier alpha value is -2.21. The molecule has 0 aliphatic heterocycles. The molecule has 0 fully saturated rings. The SMILES string of the molecule is CC(C)(C)c1ccccc1OCC(=O)Nc1cc(C(F)(F)F)ccc1Cl. The van der Waals surface area contributed by atoms with Crippen molar-refractivity contribution in [1.82, 2.24) is 0 Å². The minimum atomic E-state index is -4.52. The van der Waals surface area contributed by atoms with Crippen LogP contribution in [0.5, 0.6) is 5.75 Å². The number of para-hydroxylation sites is 1. The second-order valence-electron chi connectivity index (χ2n) is 6.78. The summed E-state index contributed by atoms with van der Waals surface area (Å²) in [5.41, 5.74) is -0.266. The highest BCUT2D eigenvalue weighted by atomic mass is 35.5. The van der Waals surface area contributed by atoms with Crippen molar-refractivity contribution in [3.63, 3.8) is 0 Å². The van der Waals surface area contributed by atoms with E-state index in [2.05, 4.69) is 5.32 Å². The van der Waals surface area contributed by atoms with Gasteiger partial charge in [-0.1, -0.05) is 50.6 Å². The molecular formula is C19H19ClF3NO2.